The number of phenolic OH excluding ortho intramolecular Hbond substituents is 1. The van der Waals surface area contributed by atoms with Gasteiger partial charge in [0.15, 0.2) is 0 Å². The molecule has 0 fully saturated rings. The predicted octanol–water partition coefficient (Wildman–Crippen LogP) is -1.49. The molecule has 1 aromatic carbocycles. The van der Waals surface area contributed by atoms with Gasteiger partial charge in [0, 0.05) is 0 Å². The number of phosphoric acid groups is 2. The van der Waals surface area contributed by atoms with Gasteiger partial charge in [0.2, 0.25) is 6.29 Å². The zero-order valence-electron chi connectivity index (χ0n) is 10.9. The molecule has 0 heterocycles. The highest BCUT2D eigenvalue weighted by molar-refractivity contribution is 7.45. The van der Waals surface area contributed by atoms with E-state index in [0.29, 0.717) is 6.42 Å². The standard InChI is InChI=1S/C9H10NO2.2H3O4P/c10-8(6-11)5-7-1-3-9(12)4-2-7;2*1-5(2,3)4/h1-4,8,12H,5,10H2;2*(H3,1,2,3,4). The van der Waals surface area contributed by atoms with Gasteiger partial charge in [-0.3, -0.25) is 4.79 Å². The zero-order valence-corrected chi connectivity index (χ0v) is 12.7. The van der Waals surface area contributed by atoms with Gasteiger partial charge in [0.05, 0.1) is 6.04 Å². The smallest absolute Gasteiger partial charge is 0.466 e. The molecule has 0 aliphatic rings. The molecule has 11 nitrogen and oxygen atoms in total. The maximum absolute atomic E-state index is 10.1. The van der Waals surface area contributed by atoms with Gasteiger partial charge in [-0.2, -0.15) is 0 Å². The largest absolute Gasteiger partial charge is 0.508 e. The number of rotatable bonds is 3. The minimum absolute atomic E-state index is 0.211. The van der Waals surface area contributed by atoms with Gasteiger partial charge in [0.25, 0.3) is 0 Å². The number of hydrogen-bond acceptors (Lipinski definition) is 5. The monoisotopic (exact) mass is 360 g/mol. The van der Waals surface area contributed by atoms with Crippen LogP contribution >= 0.6 is 15.6 Å². The van der Waals surface area contributed by atoms with Gasteiger partial charge < -0.3 is 40.2 Å². The third-order valence-corrected chi connectivity index (χ3v) is 1.54. The van der Waals surface area contributed by atoms with Crippen LogP contribution in [0, 0.1) is 0 Å². The Kier molecular flexibility index (Phi) is 11.1. The van der Waals surface area contributed by atoms with Crippen molar-refractivity contribution in [1.29, 1.82) is 0 Å². The van der Waals surface area contributed by atoms with Crippen LogP contribution in [-0.2, 0) is 20.3 Å². The van der Waals surface area contributed by atoms with E-state index in [9.17, 15) is 4.79 Å². The van der Waals surface area contributed by atoms with Crippen molar-refractivity contribution in [2.75, 3.05) is 0 Å². The molecule has 0 aromatic heterocycles. The first-order valence-electron chi connectivity index (χ1n) is 5.20. The van der Waals surface area contributed by atoms with Crippen molar-refractivity contribution in [1.82, 2.24) is 0 Å². The van der Waals surface area contributed by atoms with Crippen LogP contribution in [0.2, 0.25) is 0 Å². The maximum atomic E-state index is 10.1. The molecule has 0 aliphatic carbocycles. The van der Waals surface area contributed by atoms with Gasteiger partial charge in [-0.05, 0) is 24.1 Å². The van der Waals surface area contributed by atoms with Crippen molar-refractivity contribution in [2.24, 2.45) is 5.73 Å². The Bertz CT molecular complexity index is 485. The molecule has 1 rings (SSSR count). The van der Waals surface area contributed by atoms with Crippen LogP contribution < -0.4 is 5.73 Å². The van der Waals surface area contributed by atoms with E-state index in [1.54, 1.807) is 30.6 Å². The minimum atomic E-state index is -4.64. The van der Waals surface area contributed by atoms with Gasteiger partial charge in [-0.1, -0.05) is 12.1 Å². The lowest BCUT2D eigenvalue weighted by molar-refractivity contribution is 0.272. The van der Waals surface area contributed by atoms with E-state index in [-0.39, 0.29) is 5.75 Å². The van der Waals surface area contributed by atoms with Crippen LogP contribution in [0.15, 0.2) is 24.3 Å². The molecular formula is C9H16NO10P2. The number of hydrogen-bond donors (Lipinski definition) is 8. The lowest BCUT2D eigenvalue weighted by Gasteiger charge is -2.02. The fraction of sp³-hybridized carbons (Fsp3) is 0.222. The zero-order chi connectivity index (χ0) is 18.0. The third-order valence-electron chi connectivity index (χ3n) is 1.54. The number of carbonyl (C=O) groups excluding carboxylic acids is 1. The van der Waals surface area contributed by atoms with Crippen LogP contribution in [-0.4, -0.2) is 46.8 Å². The molecule has 22 heavy (non-hydrogen) atoms. The number of aromatic hydroxyl groups is 1. The first kappa shape index (κ1) is 23.1. The van der Waals surface area contributed by atoms with Crippen LogP contribution in [0.25, 0.3) is 0 Å². The highest BCUT2D eigenvalue weighted by Crippen LogP contribution is 2.26. The highest BCUT2D eigenvalue weighted by atomic mass is 31.2. The summed E-state index contributed by atoms with van der Waals surface area (Å²) in [7, 11) is -9.28. The van der Waals surface area contributed by atoms with E-state index in [2.05, 4.69) is 0 Å². The molecular weight excluding hydrogens is 344 g/mol. The minimum Gasteiger partial charge on any atom is -0.508 e. The summed E-state index contributed by atoms with van der Waals surface area (Å²) in [4.78, 5) is 53.2. The van der Waals surface area contributed by atoms with Crippen LogP contribution in [0.5, 0.6) is 5.75 Å². The lowest BCUT2D eigenvalue weighted by atomic mass is 10.1. The van der Waals surface area contributed by atoms with Crippen molar-refractivity contribution in [3.05, 3.63) is 29.8 Å². The van der Waals surface area contributed by atoms with Gasteiger partial charge in [-0.25, -0.2) is 9.13 Å². The van der Waals surface area contributed by atoms with Gasteiger partial charge >= 0.3 is 15.6 Å². The quantitative estimate of drug-likeness (QED) is 0.290. The second-order valence-electron chi connectivity index (χ2n) is 3.62. The topological polar surface area (TPSA) is 219 Å². The highest BCUT2D eigenvalue weighted by Gasteiger charge is 2.02. The summed E-state index contributed by atoms with van der Waals surface area (Å²) < 4.78 is 17.8. The summed E-state index contributed by atoms with van der Waals surface area (Å²) in [6.45, 7) is 0. The molecule has 0 saturated heterocycles. The summed E-state index contributed by atoms with van der Waals surface area (Å²) in [5.74, 6) is 0.211. The average molecular weight is 360 g/mol. The molecule has 0 bridgehead atoms. The molecule has 13 heteroatoms. The molecule has 1 unspecified atom stereocenters. The summed E-state index contributed by atoms with van der Waals surface area (Å²) in [5.41, 5.74) is 6.28. The summed E-state index contributed by atoms with van der Waals surface area (Å²) >= 11 is 0. The molecule has 0 spiro atoms. The number of nitrogens with two attached hydrogens (primary N) is 1. The Morgan fingerprint density at radius 2 is 1.27 bits per heavy atom. The Balaban J connectivity index is 0. The Hall–Kier alpha value is -1.13. The maximum Gasteiger partial charge on any atom is 0.466 e. The van der Waals surface area contributed by atoms with E-state index in [1.807, 2.05) is 0 Å². The fourth-order valence-corrected chi connectivity index (χ4v) is 0.928. The van der Waals surface area contributed by atoms with E-state index in [0.717, 1.165) is 5.56 Å². The van der Waals surface area contributed by atoms with Crippen molar-refractivity contribution >= 4 is 21.9 Å². The number of phenols is 1. The van der Waals surface area contributed by atoms with Crippen molar-refractivity contribution in [2.45, 2.75) is 12.5 Å². The second kappa shape index (κ2) is 10.6. The fourth-order valence-electron chi connectivity index (χ4n) is 0.928. The SMILES string of the molecule is NC([C]=O)Cc1ccc(O)cc1.O=P(O)(O)O.O=P(O)(O)O. The van der Waals surface area contributed by atoms with Crippen molar-refractivity contribution in [3.8, 4) is 5.75 Å². The summed E-state index contributed by atoms with van der Waals surface area (Å²) in [6.07, 6.45) is 2.16. The van der Waals surface area contributed by atoms with Gasteiger partial charge in [0.1, 0.15) is 5.75 Å². The molecule has 1 radical (unpaired) electrons. The van der Waals surface area contributed by atoms with E-state index in [4.69, 9.17) is 49.3 Å². The molecule has 1 atom stereocenters. The molecule has 127 valence electrons. The molecule has 0 amide bonds. The van der Waals surface area contributed by atoms with E-state index >= 15 is 0 Å². The van der Waals surface area contributed by atoms with Crippen molar-refractivity contribution in [3.63, 3.8) is 0 Å². The normalized spacial score (nSPS) is 12.1. The third kappa shape index (κ3) is 27.3. The van der Waals surface area contributed by atoms with Gasteiger partial charge in [-0.15, -0.1) is 0 Å². The van der Waals surface area contributed by atoms with Crippen LogP contribution in [0.4, 0.5) is 0 Å². The Labute approximate surface area is 125 Å². The Morgan fingerprint density at radius 1 is 0.955 bits per heavy atom. The predicted molar refractivity (Wildman–Crippen MR) is 74.0 cm³/mol. The van der Waals surface area contributed by atoms with Crippen molar-refractivity contribution < 1.29 is 48.4 Å². The Morgan fingerprint density at radius 3 is 1.55 bits per heavy atom. The first-order chi connectivity index (χ1) is 9.72. The van der Waals surface area contributed by atoms with Crippen LogP contribution in [0.3, 0.4) is 0 Å². The van der Waals surface area contributed by atoms with E-state index < -0.39 is 21.7 Å². The molecule has 9 N–H and O–H groups in total. The lowest BCUT2D eigenvalue weighted by Crippen LogP contribution is -2.23. The summed E-state index contributed by atoms with van der Waals surface area (Å²) in [6, 6.07) is 6.01. The van der Waals surface area contributed by atoms with Crippen LogP contribution in [0.1, 0.15) is 5.56 Å². The average Bonchev–Trinajstić information content (AvgIpc) is 2.27. The summed E-state index contributed by atoms with van der Waals surface area (Å²) in [5, 5.41) is 8.94. The van der Waals surface area contributed by atoms with E-state index in [1.165, 1.54) is 0 Å². The molecule has 0 aliphatic heterocycles. The first-order valence-corrected chi connectivity index (χ1v) is 8.33. The second-order valence-corrected chi connectivity index (χ2v) is 5.67. The molecule has 1 aromatic rings. The molecule has 0 saturated carbocycles. The number of benzene rings is 1.